The van der Waals surface area contributed by atoms with Crippen LogP contribution in [0, 0.1) is 16.7 Å². The fraction of sp³-hybridized carbons (Fsp3) is 0.700. The van der Waals surface area contributed by atoms with E-state index in [4.69, 9.17) is 5.26 Å². The van der Waals surface area contributed by atoms with E-state index in [0.717, 1.165) is 0 Å². The highest BCUT2D eigenvalue weighted by molar-refractivity contribution is 5.70. The van der Waals surface area contributed by atoms with Crippen molar-refractivity contribution in [2.45, 2.75) is 39.7 Å². The van der Waals surface area contributed by atoms with Gasteiger partial charge in [0.15, 0.2) is 0 Å². The number of nitriles is 1. The molecule has 0 fully saturated rings. The zero-order chi connectivity index (χ0) is 12.2. The molecule has 0 radical (unpaired) electrons. The predicted octanol–water partition coefficient (Wildman–Crippen LogP) is 0.941. The van der Waals surface area contributed by atoms with E-state index in [-0.39, 0.29) is 11.5 Å². The molecule has 1 aromatic rings. The summed E-state index contributed by atoms with van der Waals surface area (Å²) in [6, 6.07) is 2.18. The Balaban J connectivity index is 2.73. The number of hydrogen-bond acceptors (Lipinski definition) is 5. The van der Waals surface area contributed by atoms with Crippen LogP contribution in [-0.2, 0) is 0 Å². The highest BCUT2D eigenvalue weighted by Gasteiger charge is 2.18. The summed E-state index contributed by atoms with van der Waals surface area (Å²) in [7, 11) is 0. The molecule has 0 bridgehead atoms. The molecule has 0 aromatic carbocycles. The van der Waals surface area contributed by atoms with Gasteiger partial charge in [-0.1, -0.05) is 20.8 Å². The first-order valence-corrected chi connectivity index (χ1v) is 5.06. The van der Waals surface area contributed by atoms with Crippen LogP contribution in [0.2, 0.25) is 0 Å². The molecular weight excluding hydrogens is 204 g/mol. The van der Waals surface area contributed by atoms with Gasteiger partial charge in [-0.25, -0.2) is 0 Å². The van der Waals surface area contributed by atoms with Gasteiger partial charge in [-0.05, 0) is 12.3 Å². The van der Waals surface area contributed by atoms with Crippen molar-refractivity contribution >= 4 is 6.21 Å². The second kappa shape index (κ2) is 4.84. The van der Waals surface area contributed by atoms with E-state index in [0.29, 0.717) is 5.82 Å². The maximum Gasteiger partial charge on any atom is 0.113 e. The van der Waals surface area contributed by atoms with Gasteiger partial charge in [-0.3, -0.25) is 15.3 Å². The molecule has 6 heteroatoms. The highest BCUT2D eigenvalue weighted by Crippen LogP contribution is 2.21. The van der Waals surface area contributed by atoms with Crippen LogP contribution in [0.4, 0.5) is 0 Å². The van der Waals surface area contributed by atoms with Gasteiger partial charge in [0.25, 0.3) is 0 Å². The average Bonchev–Trinajstić information content (AvgIpc) is 2.70. The molecule has 1 aromatic heterocycles. The number of aliphatic imine (C=N–C) groups is 1. The summed E-state index contributed by atoms with van der Waals surface area (Å²) >= 11 is 0. The maximum absolute atomic E-state index is 8.94. The second-order valence-electron chi connectivity index (χ2n) is 4.68. The van der Waals surface area contributed by atoms with Gasteiger partial charge in [-0.15, -0.1) is 0 Å². The Morgan fingerprint density at radius 1 is 1.50 bits per heavy atom. The SMILES string of the molecule is C[C@@H](N=CC(C#N)c1nnn[n-]1)C(C)(C)C. The quantitative estimate of drug-likeness (QED) is 0.706. The van der Waals surface area contributed by atoms with Crippen LogP contribution in [0.25, 0.3) is 0 Å². The molecule has 1 unspecified atom stereocenters. The number of nitrogens with zero attached hydrogens (tertiary/aromatic N) is 6. The molecule has 0 spiro atoms. The Kier molecular flexibility index (Phi) is 3.72. The maximum atomic E-state index is 8.94. The van der Waals surface area contributed by atoms with Crippen molar-refractivity contribution in [2.75, 3.05) is 0 Å². The first-order chi connectivity index (χ1) is 7.45. The number of aromatic nitrogens is 4. The van der Waals surface area contributed by atoms with Gasteiger partial charge in [0.2, 0.25) is 0 Å². The minimum atomic E-state index is -0.570. The monoisotopic (exact) mass is 219 g/mol. The molecule has 0 N–H and O–H groups in total. The summed E-state index contributed by atoms with van der Waals surface area (Å²) in [6.45, 7) is 8.29. The minimum absolute atomic E-state index is 0.0693. The Morgan fingerprint density at radius 2 is 2.19 bits per heavy atom. The van der Waals surface area contributed by atoms with Crippen molar-refractivity contribution in [1.82, 2.24) is 20.6 Å². The average molecular weight is 219 g/mol. The summed E-state index contributed by atoms with van der Waals surface area (Å²) in [5, 5.41) is 22.9. The summed E-state index contributed by atoms with van der Waals surface area (Å²) in [5.41, 5.74) is 0.0693. The van der Waals surface area contributed by atoms with Crippen LogP contribution in [-0.4, -0.2) is 27.8 Å². The molecule has 1 heterocycles. The third-order valence-electron chi connectivity index (χ3n) is 2.46. The molecule has 2 atom stereocenters. The van der Waals surface area contributed by atoms with E-state index in [1.54, 1.807) is 6.21 Å². The molecule has 86 valence electrons. The topological polar surface area (TPSA) is 88.9 Å². The first kappa shape index (κ1) is 12.3. The highest BCUT2D eigenvalue weighted by atomic mass is 15.5. The Labute approximate surface area is 94.8 Å². The van der Waals surface area contributed by atoms with Crippen molar-refractivity contribution in [2.24, 2.45) is 10.4 Å². The van der Waals surface area contributed by atoms with Crippen LogP contribution in [0.5, 0.6) is 0 Å². The van der Waals surface area contributed by atoms with Crippen molar-refractivity contribution in [3.63, 3.8) is 0 Å². The second-order valence-corrected chi connectivity index (χ2v) is 4.68. The lowest BCUT2D eigenvalue weighted by Crippen LogP contribution is -2.21. The van der Waals surface area contributed by atoms with Crippen LogP contribution >= 0.6 is 0 Å². The van der Waals surface area contributed by atoms with Gasteiger partial charge < -0.3 is 5.10 Å². The number of hydrogen-bond donors (Lipinski definition) is 0. The molecule has 0 saturated heterocycles. The summed E-state index contributed by atoms with van der Waals surface area (Å²) in [5.74, 6) is -0.271. The van der Waals surface area contributed by atoms with Gasteiger partial charge in [0, 0.05) is 12.0 Å². The zero-order valence-electron chi connectivity index (χ0n) is 9.92. The lowest BCUT2D eigenvalue weighted by Gasteiger charge is -2.23. The van der Waals surface area contributed by atoms with Crippen LogP contribution < -0.4 is 5.10 Å². The Morgan fingerprint density at radius 3 is 2.62 bits per heavy atom. The largest absolute Gasteiger partial charge is 0.334 e. The van der Waals surface area contributed by atoms with E-state index in [2.05, 4.69) is 52.5 Å². The third kappa shape index (κ3) is 3.12. The Bertz CT molecular complexity index is 380. The van der Waals surface area contributed by atoms with Gasteiger partial charge in [0.1, 0.15) is 5.92 Å². The lowest BCUT2D eigenvalue weighted by molar-refractivity contribution is 0.342. The molecular formula is C10H15N6-. The van der Waals surface area contributed by atoms with E-state index >= 15 is 0 Å². The predicted molar refractivity (Wildman–Crippen MR) is 58.9 cm³/mol. The fourth-order valence-corrected chi connectivity index (χ4v) is 0.873. The molecule has 0 saturated carbocycles. The Hall–Kier alpha value is -1.77. The molecule has 0 aliphatic carbocycles. The number of tetrazole rings is 1. The normalized spacial score (nSPS) is 15.9. The van der Waals surface area contributed by atoms with E-state index < -0.39 is 5.92 Å². The van der Waals surface area contributed by atoms with Crippen molar-refractivity contribution < 1.29 is 0 Å². The van der Waals surface area contributed by atoms with Gasteiger partial charge >= 0.3 is 0 Å². The number of rotatable bonds is 3. The van der Waals surface area contributed by atoms with Crippen molar-refractivity contribution in [3.8, 4) is 6.07 Å². The van der Waals surface area contributed by atoms with Gasteiger partial charge in [-0.2, -0.15) is 10.5 Å². The molecule has 6 nitrogen and oxygen atoms in total. The van der Waals surface area contributed by atoms with Crippen LogP contribution in [0.3, 0.4) is 0 Å². The third-order valence-corrected chi connectivity index (χ3v) is 2.46. The molecule has 0 aliphatic heterocycles. The molecule has 16 heavy (non-hydrogen) atoms. The van der Waals surface area contributed by atoms with Gasteiger partial charge in [0.05, 0.1) is 12.1 Å². The lowest BCUT2D eigenvalue weighted by atomic mass is 9.88. The molecule has 0 amide bonds. The van der Waals surface area contributed by atoms with E-state index in [1.807, 2.05) is 6.92 Å². The van der Waals surface area contributed by atoms with E-state index in [1.165, 1.54) is 0 Å². The van der Waals surface area contributed by atoms with Crippen molar-refractivity contribution in [1.29, 1.82) is 5.26 Å². The zero-order valence-corrected chi connectivity index (χ0v) is 9.92. The molecule has 1 rings (SSSR count). The molecule has 0 aliphatic rings. The standard InChI is InChI=1S/C10H15N6/c1-7(10(2,3)4)12-6-8(5-11)9-13-15-16-14-9/h6-8H,1-4H3/q-1/t7-,8?/m1/s1. The van der Waals surface area contributed by atoms with Crippen LogP contribution in [0.15, 0.2) is 4.99 Å². The summed E-state index contributed by atoms with van der Waals surface area (Å²) in [4.78, 5) is 4.34. The smallest absolute Gasteiger partial charge is 0.113 e. The van der Waals surface area contributed by atoms with E-state index in [9.17, 15) is 0 Å². The van der Waals surface area contributed by atoms with Crippen LogP contribution in [0.1, 0.15) is 39.4 Å². The summed E-state index contributed by atoms with van der Waals surface area (Å²) in [6.07, 6.45) is 1.56. The van der Waals surface area contributed by atoms with Crippen molar-refractivity contribution in [3.05, 3.63) is 5.82 Å². The fourth-order valence-electron chi connectivity index (χ4n) is 0.873. The minimum Gasteiger partial charge on any atom is -0.334 e. The first-order valence-electron chi connectivity index (χ1n) is 5.06. The summed E-state index contributed by atoms with van der Waals surface area (Å²) < 4.78 is 0.